The van der Waals surface area contributed by atoms with Gasteiger partial charge in [-0.1, -0.05) is 26.8 Å². The summed E-state index contributed by atoms with van der Waals surface area (Å²) >= 11 is 0. The van der Waals surface area contributed by atoms with E-state index < -0.39 is 40.7 Å². The molecule has 0 heterocycles. The molecule has 160 valence electrons. The number of amides is 1. The van der Waals surface area contributed by atoms with Crippen molar-refractivity contribution in [2.75, 3.05) is 7.11 Å². The summed E-state index contributed by atoms with van der Waals surface area (Å²) in [6, 6.07) is -1.12. The average Bonchev–Trinajstić information content (AvgIpc) is 3.15. The molecule has 0 aromatic rings. The van der Waals surface area contributed by atoms with Crippen LogP contribution in [0.2, 0.25) is 0 Å². The van der Waals surface area contributed by atoms with Crippen molar-refractivity contribution >= 4 is 12.1 Å². The molecule has 8 heteroatoms. The largest absolute Gasteiger partial charge is 0.467 e. The van der Waals surface area contributed by atoms with Gasteiger partial charge in [0.1, 0.15) is 6.04 Å². The van der Waals surface area contributed by atoms with E-state index in [0.29, 0.717) is 32.1 Å². The molecule has 1 spiro atoms. The van der Waals surface area contributed by atoms with Gasteiger partial charge >= 0.3 is 18.2 Å². The molecule has 0 radical (unpaired) electrons. The second-order valence-corrected chi connectivity index (χ2v) is 8.96. The van der Waals surface area contributed by atoms with Crippen molar-refractivity contribution in [3.05, 3.63) is 12.7 Å². The van der Waals surface area contributed by atoms with E-state index in [-0.39, 0.29) is 12.3 Å². The Morgan fingerprint density at radius 1 is 1.29 bits per heavy atom. The molecule has 0 bridgehead atoms. The standard InChI is InChI=1S/C20H30F3NO4/c1-6-7-9-13-12-18(13)10-8-11-19(18,20(21,22)23)28-16(26)24-14(15(25)27-5)17(2,3)4/h6,13-14H,1,7-12H2,2-5H3,(H,24,26)/t13?,14-,18?,19?/m1/s1. The molecule has 0 saturated heterocycles. The number of carbonyl (C=O) groups excluding carboxylic acids is 2. The van der Waals surface area contributed by atoms with Gasteiger partial charge in [-0.25, -0.2) is 9.59 Å². The molecule has 2 fully saturated rings. The zero-order valence-electron chi connectivity index (χ0n) is 16.9. The van der Waals surface area contributed by atoms with Crippen LogP contribution in [-0.2, 0) is 14.3 Å². The fourth-order valence-electron chi connectivity index (χ4n) is 4.67. The summed E-state index contributed by atoms with van der Waals surface area (Å²) in [5, 5.41) is 2.30. The van der Waals surface area contributed by atoms with Gasteiger partial charge in [-0.2, -0.15) is 13.2 Å². The maximum Gasteiger partial charge on any atom is 0.428 e. The van der Waals surface area contributed by atoms with Crippen molar-refractivity contribution in [2.24, 2.45) is 16.7 Å². The molecule has 1 amide bonds. The van der Waals surface area contributed by atoms with Crippen LogP contribution in [0.5, 0.6) is 0 Å². The predicted octanol–water partition coefficient (Wildman–Crippen LogP) is 4.76. The minimum Gasteiger partial charge on any atom is -0.467 e. The summed E-state index contributed by atoms with van der Waals surface area (Å²) in [4.78, 5) is 24.5. The number of halogens is 3. The monoisotopic (exact) mass is 405 g/mol. The zero-order chi connectivity index (χ0) is 21.4. The number of alkyl carbamates (subject to hydrolysis) is 1. The first kappa shape index (κ1) is 22.6. The van der Waals surface area contributed by atoms with Crippen molar-refractivity contribution in [3.63, 3.8) is 0 Å². The molecule has 2 aliphatic carbocycles. The molecule has 3 unspecified atom stereocenters. The van der Waals surface area contributed by atoms with Gasteiger partial charge in [0.2, 0.25) is 5.60 Å². The van der Waals surface area contributed by atoms with Gasteiger partial charge in [0.05, 0.1) is 7.11 Å². The molecule has 2 rings (SSSR count). The van der Waals surface area contributed by atoms with Crippen LogP contribution >= 0.6 is 0 Å². The van der Waals surface area contributed by atoms with Crippen LogP contribution in [0.1, 0.15) is 59.3 Å². The summed E-state index contributed by atoms with van der Waals surface area (Å²) in [6.07, 6.45) is -2.17. The number of hydrogen-bond donors (Lipinski definition) is 1. The van der Waals surface area contributed by atoms with E-state index in [0.717, 1.165) is 7.11 Å². The maximum atomic E-state index is 14.2. The first-order valence-corrected chi connectivity index (χ1v) is 9.59. The van der Waals surface area contributed by atoms with Crippen LogP contribution in [0, 0.1) is 16.7 Å². The Labute approximate surface area is 164 Å². The Kier molecular flexibility index (Phi) is 6.12. The van der Waals surface area contributed by atoms with E-state index in [9.17, 15) is 22.8 Å². The fraction of sp³-hybridized carbons (Fsp3) is 0.800. The smallest absolute Gasteiger partial charge is 0.428 e. The number of rotatable bonds is 6. The lowest BCUT2D eigenvalue weighted by atomic mass is 9.83. The molecule has 4 atom stereocenters. The minimum atomic E-state index is -4.69. The lowest BCUT2D eigenvalue weighted by Crippen LogP contribution is -2.57. The highest BCUT2D eigenvalue weighted by molar-refractivity contribution is 5.82. The summed E-state index contributed by atoms with van der Waals surface area (Å²) in [5.74, 6) is -0.886. The van der Waals surface area contributed by atoms with Gasteiger partial charge < -0.3 is 14.8 Å². The number of methoxy groups -OCH3 is 1. The topological polar surface area (TPSA) is 64.6 Å². The number of alkyl halides is 3. The Bertz CT molecular complexity index is 628. The Hall–Kier alpha value is -1.73. The summed E-state index contributed by atoms with van der Waals surface area (Å²) < 4.78 is 52.4. The molecular weight excluding hydrogens is 375 g/mol. The van der Waals surface area contributed by atoms with Crippen molar-refractivity contribution in [2.45, 2.75) is 77.1 Å². The summed E-state index contributed by atoms with van der Waals surface area (Å²) in [6.45, 7) is 8.66. The van der Waals surface area contributed by atoms with Crippen LogP contribution in [0.3, 0.4) is 0 Å². The SMILES string of the molecule is C=CCCC1CC12CCCC2(OC(=O)N[C@H](C(=O)OC)C(C)(C)C)C(F)(F)F. The molecule has 5 nitrogen and oxygen atoms in total. The molecule has 2 saturated carbocycles. The number of nitrogens with one attached hydrogen (secondary N) is 1. The van der Waals surface area contributed by atoms with Crippen LogP contribution < -0.4 is 5.32 Å². The van der Waals surface area contributed by atoms with Crippen molar-refractivity contribution in [3.8, 4) is 0 Å². The number of carbonyl (C=O) groups is 2. The van der Waals surface area contributed by atoms with Crippen molar-refractivity contribution in [1.29, 1.82) is 0 Å². The number of esters is 1. The Morgan fingerprint density at radius 3 is 2.43 bits per heavy atom. The Morgan fingerprint density at radius 2 is 1.93 bits per heavy atom. The molecule has 2 aliphatic rings. The normalized spacial score (nSPS) is 30.6. The highest BCUT2D eigenvalue weighted by Crippen LogP contribution is 2.73. The molecule has 0 aromatic carbocycles. The number of ether oxygens (including phenoxy) is 2. The molecule has 0 aromatic heterocycles. The van der Waals surface area contributed by atoms with Gasteiger partial charge in [-0.15, -0.1) is 6.58 Å². The van der Waals surface area contributed by atoms with Gasteiger partial charge in [-0.3, -0.25) is 0 Å². The van der Waals surface area contributed by atoms with Gasteiger partial charge in [0, 0.05) is 5.41 Å². The van der Waals surface area contributed by atoms with E-state index in [1.807, 2.05) is 0 Å². The van der Waals surface area contributed by atoms with E-state index in [1.165, 1.54) is 0 Å². The van der Waals surface area contributed by atoms with Crippen LogP contribution in [0.4, 0.5) is 18.0 Å². The van der Waals surface area contributed by atoms with Crippen LogP contribution in [-0.4, -0.2) is 37.0 Å². The highest BCUT2D eigenvalue weighted by atomic mass is 19.4. The van der Waals surface area contributed by atoms with Gasteiger partial charge in [0.25, 0.3) is 0 Å². The first-order chi connectivity index (χ1) is 12.8. The van der Waals surface area contributed by atoms with E-state index in [4.69, 9.17) is 4.74 Å². The minimum absolute atomic E-state index is 0.151. The first-order valence-electron chi connectivity index (χ1n) is 9.59. The summed E-state index contributed by atoms with van der Waals surface area (Å²) in [5.41, 5.74) is -4.35. The maximum absolute atomic E-state index is 14.2. The quantitative estimate of drug-likeness (QED) is 0.511. The number of allylic oxidation sites excluding steroid dienone is 1. The van der Waals surface area contributed by atoms with E-state index in [2.05, 4.69) is 16.6 Å². The highest BCUT2D eigenvalue weighted by Gasteiger charge is 2.79. The second-order valence-electron chi connectivity index (χ2n) is 8.96. The van der Waals surface area contributed by atoms with E-state index >= 15 is 0 Å². The molecular formula is C20H30F3NO4. The number of hydrogen-bond acceptors (Lipinski definition) is 4. The molecule has 28 heavy (non-hydrogen) atoms. The third-order valence-corrected chi connectivity index (χ3v) is 6.20. The summed E-state index contributed by atoms with van der Waals surface area (Å²) in [7, 11) is 1.16. The van der Waals surface area contributed by atoms with E-state index in [1.54, 1.807) is 26.8 Å². The predicted molar refractivity (Wildman–Crippen MR) is 97.5 cm³/mol. The zero-order valence-corrected chi connectivity index (χ0v) is 16.9. The average molecular weight is 405 g/mol. The molecule has 1 N–H and O–H groups in total. The fourth-order valence-corrected chi connectivity index (χ4v) is 4.67. The van der Waals surface area contributed by atoms with Crippen molar-refractivity contribution < 1.29 is 32.2 Å². The third-order valence-electron chi connectivity index (χ3n) is 6.20. The van der Waals surface area contributed by atoms with Crippen molar-refractivity contribution in [1.82, 2.24) is 5.32 Å². The lowest BCUT2D eigenvalue weighted by molar-refractivity contribution is -0.278. The van der Waals surface area contributed by atoms with Gasteiger partial charge in [-0.05, 0) is 49.9 Å². The Balaban J connectivity index is 2.25. The lowest BCUT2D eigenvalue weighted by Gasteiger charge is -2.39. The third kappa shape index (κ3) is 3.87. The van der Waals surface area contributed by atoms with Gasteiger partial charge in [0.15, 0.2) is 0 Å². The molecule has 0 aliphatic heterocycles. The van der Waals surface area contributed by atoms with Crippen LogP contribution in [0.15, 0.2) is 12.7 Å². The van der Waals surface area contributed by atoms with Crippen LogP contribution in [0.25, 0.3) is 0 Å². The second kappa shape index (κ2) is 7.59.